The second kappa shape index (κ2) is 10.6. The fraction of sp³-hybridized carbons (Fsp3) is 0. The summed E-state index contributed by atoms with van der Waals surface area (Å²) >= 11 is -4.43. The molecule has 7 aromatic carbocycles. The van der Waals surface area contributed by atoms with E-state index in [4.69, 9.17) is 9.15 Å². The molecule has 0 saturated heterocycles. The monoisotopic (exact) mass is 807 g/mol. The van der Waals surface area contributed by atoms with Crippen molar-refractivity contribution >= 4 is 51.1 Å². The minimum absolute atomic E-state index is 0.388. The topological polar surface area (TPSA) is 39.4 Å². The van der Waals surface area contributed by atoms with Gasteiger partial charge in [0.1, 0.15) is 0 Å². The van der Waals surface area contributed by atoms with E-state index in [1.54, 1.807) is 0 Å². The van der Waals surface area contributed by atoms with Gasteiger partial charge in [0.05, 0.1) is 0 Å². The van der Waals surface area contributed by atoms with Crippen LogP contribution >= 0.6 is 18.4 Å². The van der Waals surface area contributed by atoms with Crippen molar-refractivity contribution in [3.05, 3.63) is 170 Å². The molecule has 5 heteroatoms. The van der Waals surface area contributed by atoms with Gasteiger partial charge in [0.2, 0.25) is 0 Å². The van der Waals surface area contributed by atoms with Gasteiger partial charge in [-0.15, -0.1) is 0 Å². The van der Waals surface area contributed by atoms with Crippen molar-refractivity contribution in [1.82, 2.24) is 0 Å². The molecule has 8 aromatic rings. The Hall–Kier alpha value is -4.34. The van der Waals surface area contributed by atoms with Gasteiger partial charge in [-0.1, -0.05) is 0 Å². The molecule has 45 heavy (non-hydrogen) atoms. The van der Waals surface area contributed by atoms with Crippen LogP contribution in [0.3, 0.4) is 0 Å². The van der Waals surface area contributed by atoms with Crippen LogP contribution in [-0.2, 0) is 3.07 Å². The molecule has 1 aliphatic heterocycles. The maximum absolute atomic E-state index is 15.0. The van der Waals surface area contributed by atoms with Crippen LogP contribution in [0.4, 0.5) is 0 Å². The number of fused-ring (bicyclic) bond motifs is 6. The van der Waals surface area contributed by atoms with E-state index in [9.17, 15) is 3.07 Å². The van der Waals surface area contributed by atoms with E-state index in [0.717, 1.165) is 55.3 Å². The second-order valence-electron chi connectivity index (χ2n) is 11.0. The summed E-state index contributed by atoms with van der Waals surface area (Å²) in [4.78, 5) is 0. The van der Waals surface area contributed by atoms with Crippen LogP contribution in [0.25, 0.3) is 43.8 Å². The van der Waals surface area contributed by atoms with Crippen LogP contribution < -0.4 is 25.9 Å². The first-order valence-electron chi connectivity index (χ1n) is 14.7. The molecule has 0 atom stereocenters. The van der Waals surface area contributed by atoms with Gasteiger partial charge >= 0.3 is 277 Å². The van der Waals surface area contributed by atoms with E-state index in [2.05, 4.69) is 78.9 Å². The Morgan fingerprint density at radius 1 is 0.467 bits per heavy atom. The Balaban J connectivity index is 1.10. The summed E-state index contributed by atoms with van der Waals surface area (Å²) in [5.74, 6) is 1.94. The summed E-state index contributed by atoms with van der Waals surface area (Å²) in [5, 5.41) is 4.54. The molecule has 0 fully saturated rings. The Morgan fingerprint density at radius 2 is 1.04 bits per heavy atom. The summed E-state index contributed by atoms with van der Waals surface area (Å²) in [5.41, 5.74) is 3.82. The Labute approximate surface area is 274 Å². The van der Waals surface area contributed by atoms with Crippen molar-refractivity contribution in [2.75, 3.05) is 0 Å². The van der Waals surface area contributed by atoms with Crippen LogP contribution in [0.15, 0.2) is 156 Å². The Kier molecular flexibility index (Phi) is 6.38. The van der Waals surface area contributed by atoms with Crippen LogP contribution in [0.2, 0.25) is 0 Å². The van der Waals surface area contributed by atoms with Crippen molar-refractivity contribution < 1.29 is 33.4 Å². The van der Waals surface area contributed by atoms with E-state index in [0.29, 0.717) is 0 Å². The molecule has 0 aliphatic carbocycles. The van der Waals surface area contributed by atoms with Crippen LogP contribution in [0.1, 0.15) is 0 Å². The summed E-state index contributed by atoms with van der Waals surface area (Å²) in [7, 11) is 0. The normalized spacial score (nSPS) is 13.2. The Morgan fingerprint density at radius 3 is 1.78 bits per heavy atom. The number of benzene rings is 7. The first-order valence-corrected chi connectivity index (χ1v) is 21.0. The molecule has 0 saturated carbocycles. The molecule has 0 spiro atoms. The number of hydrogen-bond acceptors (Lipinski definition) is 3. The second-order valence-corrected chi connectivity index (χ2v) is 20.6. The van der Waals surface area contributed by atoms with Gasteiger partial charge in [0, 0.05) is 0 Å². The van der Waals surface area contributed by atoms with E-state index >= 15 is 0 Å². The van der Waals surface area contributed by atoms with Crippen molar-refractivity contribution in [2.24, 2.45) is 0 Å². The van der Waals surface area contributed by atoms with Crippen molar-refractivity contribution in [3.63, 3.8) is 0 Å². The quantitative estimate of drug-likeness (QED) is 0.170. The molecular weight excluding hydrogens is 782 g/mol. The van der Waals surface area contributed by atoms with E-state index < -0.39 is 18.4 Å². The molecule has 0 bridgehead atoms. The zero-order valence-electron chi connectivity index (χ0n) is 23.9. The molecular formula is C40H25I2O3-. The minimum atomic E-state index is -4.05. The first-order chi connectivity index (χ1) is 22.1. The standard InChI is InChI=1S/C40H25I2O3/c43-42(30-11-3-1-4-12-30,31-13-5-2-6-14-31)32-17-19-34-33-18-15-29(23-38(33)45-39(34)25-32)28-16-20-37-35(22-28)41-36-21-26-9-7-8-10-27(26)24-40(36)44-37/h1-25H/q-1. The van der Waals surface area contributed by atoms with E-state index in [-0.39, 0.29) is 21.2 Å². The number of rotatable bonds is 4. The number of halogens is 2. The van der Waals surface area contributed by atoms with Gasteiger partial charge in [-0.3, -0.25) is 0 Å². The molecule has 9 rings (SSSR count). The molecule has 0 amide bonds. The number of furan rings is 1. The third-order valence-corrected chi connectivity index (χ3v) is 18.5. The predicted octanol–water partition coefficient (Wildman–Crippen LogP) is 7.94. The molecule has 2 heterocycles. The summed E-state index contributed by atoms with van der Waals surface area (Å²) in [6.45, 7) is 0. The number of hydrogen-bond donors (Lipinski definition) is 0. The number of ether oxygens (including phenoxy) is 1. The molecule has 0 radical (unpaired) electrons. The van der Waals surface area contributed by atoms with E-state index in [1.165, 1.54) is 17.9 Å². The average molecular weight is 807 g/mol. The van der Waals surface area contributed by atoms with Gasteiger partial charge in [-0.05, 0) is 0 Å². The fourth-order valence-electron chi connectivity index (χ4n) is 6.07. The molecule has 0 N–H and O–H groups in total. The van der Waals surface area contributed by atoms with Gasteiger partial charge in [-0.25, -0.2) is 0 Å². The zero-order valence-corrected chi connectivity index (χ0v) is 28.2. The summed E-state index contributed by atoms with van der Waals surface area (Å²) in [6.07, 6.45) is 0. The van der Waals surface area contributed by atoms with Gasteiger partial charge in [-0.2, -0.15) is 0 Å². The zero-order chi connectivity index (χ0) is 30.0. The van der Waals surface area contributed by atoms with E-state index in [1.807, 2.05) is 72.8 Å². The molecule has 1 aliphatic rings. The molecule has 3 nitrogen and oxygen atoms in total. The third-order valence-electron chi connectivity index (χ3n) is 8.31. The average Bonchev–Trinajstić information content (AvgIpc) is 3.47. The van der Waals surface area contributed by atoms with Gasteiger partial charge < -0.3 is 0 Å². The maximum atomic E-state index is 15.0. The van der Waals surface area contributed by atoms with Crippen LogP contribution in [0, 0.1) is 17.9 Å². The molecule has 0 unspecified atom stereocenters. The predicted molar refractivity (Wildman–Crippen MR) is 184 cm³/mol. The van der Waals surface area contributed by atoms with Crippen LogP contribution in [0.5, 0.6) is 11.5 Å². The molecule has 1 aromatic heterocycles. The third kappa shape index (κ3) is 4.51. The van der Waals surface area contributed by atoms with Gasteiger partial charge in [0.25, 0.3) is 0 Å². The van der Waals surface area contributed by atoms with Crippen molar-refractivity contribution in [1.29, 1.82) is 0 Å². The first kappa shape index (κ1) is 27.0. The fourth-order valence-corrected chi connectivity index (χ4v) is 15.2. The van der Waals surface area contributed by atoms with Gasteiger partial charge in [0.15, 0.2) is 0 Å². The summed E-state index contributed by atoms with van der Waals surface area (Å²) in [6, 6.07) is 51.7. The molecule has 218 valence electrons. The summed E-state index contributed by atoms with van der Waals surface area (Å²) < 4.78 is 33.0. The van der Waals surface area contributed by atoms with Crippen molar-refractivity contribution in [2.45, 2.75) is 0 Å². The van der Waals surface area contributed by atoms with Crippen molar-refractivity contribution in [3.8, 4) is 22.6 Å². The van der Waals surface area contributed by atoms with Crippen LogP contribution in [-0.4, -0.2) is 0 Å². The Bertz CT molecular complexity index is 2420. The SMILES string of the molecule is O=I(c1ccccc1)(c1ccccc1)c1ccc2c(c1)oc1cc(-c3ccc4c(c3)[I-]c3cc5ccccc5cc3O4)ccc12.